The summed E-state index contributed by atoms with van der Waals surface area (Å²) in [5.41, 5.74) is 5.98. The van der Waals surface area contributed by atoms with Gasteiger partial charge in [-0.25, -0.2) is 0 Å². The molecule has 1 atom stereocenters. The fraction of sp³-hybridized carbons (Fsp3) is 1.00. The summed E-state index contributed by atoms with van der Waals surface area (Å²) in [7, 11) is 0. The highest BCUT2D eigenvalue weighted by Crippen LogP contribution is 2.38. The van der Waals surface area contributed by atoms with Crippen molar-refractivity contribution in [1.29, 1.82) is 0 Å². The van der Waals surface area contributed by atoms with E-state index in [4.69, 9.17) is 5.73 Å². The lowest BCUT2D eigenvalue weighted by Gasteiger charge is -2.36. The highest BCUT2D eigenvalue weighted by Gasteiger charge is 2.36. The van der Waals surface area contributed by atoms with Crippen molar-refractivity contribution < 1.29 is 5.11 Å². The first-order chi connectivity index (χ1) is 7.75. The summed E-state index contributed by atoms with van der Waals surface area (Å²) in [4.78, 5) is 0. The molecular weight excluding hydrogens is 218 g/mol. The topological polar surface area (TPSA) is 46.2 Å². The van der Waals surface area contributed by atoms with Gasteiger partial charge >= 0.3 is 0 Å². The number of thioether (sulfide) groups is 1. The Bertz CT molecular complexity index is 179. The average Bonchev–Trinajstić information content (AvgIpc) is 2.55. The highest BCUT2D eigenvalue weighted by molar-refractivity contribution is 7.98. The van der Waals surface area contributed by atoms with Gasteiger partial charge in [-0.2, -0.15) is 11.8 Å². The highest BCUT2D eigenvalue weighted by atomic mass is 32.2. The SMILES string of the molecule is CSCCCC(O)C1(CN)CCCCCC1. The summed E-state index contributed by atoms with van der Waals surface area (Å²) in [5, 5.41) is 10.4. The molecular formula is C13H27NOS. The Morgan fingerprint density at radius 2 is 1.88 bits per heavy atom. The van der Waals surface area contributed by atoms with E-state index in [2.05, 4.69) is 6.26 Å². The van der Waals surface area contributed by atoms with Crippen LogP contribution in [0.2, 0.25) is 0 Å². The van der Waals surface area contributed by atoms with Gasteiger partial charge in [-0.1, -0.05) is 25.7 Å². The predicted molar refractivity (Wildman–Crippen MR) is 72.8 cm³/mol. The first-order valence-corrected chi connectivity index (χ1v) is 8.01. The Labute approximate surface area is 104 Å². The van der Waals surface area contributed by atoms with Crippen LogP contribution in [-0.2, 0) is 0 Å². The first kappa shape index (κ1) is 14.3. The Balaban J connectivity index is 2.48. The summed E-state index contributed by atoms with van der Waals surface area (Å²) in [6, 6.07) is 0. The maximum Gasteiger partial charge on any atom is 0.0608 e. The van der Waals surface area contributed by atoms with Gasteiger partial charge in [0.2, 0.25) is 0 Å². The molecule has 0 aromatic heterocycles. The molecule has 1 fully saturated rings. The van der Waals surface area contributed by atoms with Crippen molar-refractivity contribution in [3.8, 4) is 0 Å². The van der Waals surface area contributed by atoms with Crippen LogP contribution in [0.3, 0.4) is 0 Å². The van der Waals surface area contributed by atoms with Gasteiger partial charge in [-0.3, -0.25) is 0 Å². The minimum Gasteiger partial charge on any atom is -0.393 e. The van der Waals surface area contributed by atoms with E-state index < -0.39 is 0 Å². The van der Waals surface area contributed by atoms with Crippen molar-refractivity contribution in [2.45, 2.75) is 57.5 Å². The smallest absolute Gasteiger partial charge is 0.0608 e. The van der Waals surface area contributed by atoms with E-state index >= 15 is 0 Å². The zero-order valence-electron chi connectivity index (χ0n) is 10.6. The monoisotopic (exact) mass is 245 g/mol. The molecule has 0 bridgehead atoms. The number of aliphatic hydroxyl groups excluding tert-OH is 1. The first-order valence-electron chi connectivity index (χ1n) is 6.62. The minimum atomic E-state index is -0.178. The van der Waals surface area contributed by atoms with Crippen molar-refractivity contribution in [1.82, 2.24) is 0 Å². The molecule has 1 rings (SSSR count). The Kier molecular flexibility index (Phi) is 6.78. The standard InChI is InChI=1S/C13H27NOS/c1-16-10-6-7-12(15)13(11-14)8-4-2-3-5-9-13/h12,15H,2-11,14H2,1H3. The molecule has 1 aliphatic rings. The van der Waals surface area contributed by atoms with Gasteiger partial charge in [-0.15, -0.1) is 0 Å². The Hall–Kier alpha value is 0.270. The quantitative estimate of drug-likeness (QED) is 0.559. The van der Waals surface area contributed by atoms with Crippen LogP contribution in [0.25, 0.3) is 0 Å². The molecule has 0 aromatic carbocycles. The Morgan fingerprint density at radius 3 is 2.38 bits per heavy atom. The third kappa shape index (κ3) is 3.94. The van der Waals surface area contributed by atoms with E-state index in [0.717, 1.165) is 31.4 Å². The molecule has 3 heteroatoms. The van der Waals surface area contributed by atoms with Crippen LogP contribution >= 0.6 is 11.8 Å². The number of hydrogen-bond donors (Lipinski definition) is 2. The van der Waals surface area contributed by atoms with Crippen LogP contribution in [0, 0.1) is 5.41 Å². The summed E-state index contributed by atoms with van der Waals surface area (Å²) >= 11 is 1.86. The number of hydrogen-bond acceptors (Lipinski definition) is 3. The molecule has 16 heavy (non-hydrogen) atoms. The van der Waals surface area contributed by atoms with Crippen LogP contribution in [-0.4, -0.2) is 29.8 Å². The van der Waals surface area contributed by atoms with Crippen LogP contribution in [0.4, 0.5) is 0 Å². The maximum atomic E-state index is 10.4. The number of nitrogens with two attached hydrogens (primary N) is 1. The normalized spacial score (nSPS) is 22.7. The lowest BCUT2D eigenvalue weighted by Crippen LogP contribution is -2.41. The van der Waals surface area contributed by atoms with Gasteiger partial charge < -0.3 is 10.8 Å². The van der Waals surface area contributed by atoms with Crippen LogP contribution in [0.5, 0.6) is 0 Å². The second-order valence-corrected chi connectivity index (χ2v) is 6.12. The average molecular weight is 245 g/mol. The fourth-order valence-corrected chi connectivity index (χ4v) is 3.29. The molecule has 1 saturated carbocycles. The van der Waals surface area contributed by atoms with Crippen molar-refractivity contribution in [2.75, 3.05) is 18.6 Å². The summed E-state index contributed by atoms with van der Waals surface area (Å²) in [6.45, 7) is 0.660. The van der Waals surface area contributed by atoms with Crippen molar-refractivity contribution >= 4 is 11.8 Å². The van der Waals surface area contributed by atoms with Gasteiger partial charge in [0.25, 0.3) is 0 Å². The number of aliphatic hydroxyl groups is 1. The third-order valence-electron chi connectivity index (χ3n) is 4.04. The molecule has 2 nitrogen and oxygen atoms in total. The maximum absolute atomic E-state index is 10.4. The molecule has 0 aliphatic heterocycles. The zero-order valence-corrected chi connectivity index (χ0v) is 11.4. The van der Waals surface area contributed by atoms with Crippen molar-refractivity contribution in [3.63, 3.8) is 0 Å². The predicted octanol–water partition coefficient (Wildman–Crippen LogP) is 2.79. The van der Waals surface area contributed by atoms with Crippen LogP contribution < -0.4 is 5.73 Å². The van der Waals surface area contributed by atoms with Gasteiger partial charge in [0, 0.05) is 12.0 Å². The summed E-state index contributed by atoms with van der Waals surface area (Å²) in [5.74, 6) is 1.15. The molecule has 1 unspecified atom stereocenters. The minimum absolute atomic E-state index is 0.0366. The molecule has 0 radical (unpaired) electrons. The largest absolute Gasteiger partial charge is 0.393 e. The van der Waals surface area contributed by atoms with Gasteiger partial charge in [0.15, 0.2) is 0 Å². The van der Waals surface area contributed by atoms with E-state index in [1.54, 1.807) is 0 Å². The van der Waals surface area contributed by atoms with Crippen LogP contribution in [0.1, 0.15) is 51.4 Å². The van der Waals surface area contributed by atoms with E-state index in [1.165, 1.54) is 25.7 Å². The van der Waals surface area contributed by atoms with Gasteiger partial charge in [0.1, 0.15) is 0 Å². The van der Waals surface area contributed by atoms with E-state index in [1.807, 2.05) is 11.8 Å². The Morgan fingerprint density at radius 1 is 1.25 bits per heavy atom. The van der Waals surface area contributed by atoms with Gasteiger partial charge in [-0.05, 0) is 37.7 Å². The number of rotatable bonds is 6. The van der Waals surface area contributed by atoms with Crippen molar-refractivity contribution in [3.05, 3.63) is 0 Å². The van der Waals surface area contributed by atoms with E-state index in [0.29, 0.717) is 6.54 Å². The van der Waals surface area contributed by atoms with Gasteiger partial charge in [0.05, 0.1) is 6.10 Å². The van der Waals surface area contributed by atoms with E-state index in [9.17, 15) is 5.11 Å². The second kappa shape index (κ2) is 7.57. The molecule has 3 N–H and O–H groups in total. The summed E-state index contributed by atoms with van der Waals surface area (Å²) in [6.07, 6.45) is 11.4. The molecule has 0 amide bonds. The molecule has 0 saturated heterocycles. The summed E-state index contributed by atoms with van der Waals surface area (Å²) < 4.78 is 0. The molecule has 0 spiro atoms. The lowest BCUT2D eigenvalue weighted by atomic mass is 9.74. The molecule has 0 aromatic rings. The van der Waals surface area contributed by atoms with Crippen molar-refractivity contribution in [2.24, 2.45) is 11.1 Å². The second-order valence-electron chi connectivity index (χ2n) is 5.13. The van der Waals surface area contributed by atoms with Crippen LogP contribution in [0.15, 0.2) is 0 Å². The third-order valence-corrected chi connectivity index (χ3v) is 4.74. The molecule has 1 aliphatic carbocycles. The molecule has 0 heterocycles. The van der Waals surface area contributed by atoms with E-state index in [-0.39, 0.29) is 11.5 Å². The molecule has 96 valence electrons. The lowest BCUT2D eigenvalue weighted by molar-refractivity contribution is 0.0120. The zero-order chi connectivity index (χ0) is 11.9. The fourth-order valence-electron chi connectivity index (χ4n) is 2.83.